The first kappa shape index (κ1) is 17.0. The van der Waals surface area contributed by atoms with Crippen molar-refractivity contribution in [3.8, 4) is 0 Å². The van der Waals surface area contributed by atoms with E-state index in [4.69, 9.17) is 5.73 Å². The number of benzene rings is 2. The summed E-state index contributed by atoms with van der Waals surface area (Å²) in [6, 6.07) is 13.8. The highest BCUT2D eigenvalue weighted by atomic mass is 16.4. The number of para-hydroxylation sites is 2. The number of carboxylic acid groups (broad SMARTS) is 1. The summed E-state index contributed by atoms with van der Waals surface area (Å²) in [6.45, 7) is 0.507. The molecule has 0 aliphatic carbocycles. The third-order valence-corrected chi connectivity index (χ3v) is 4.33. The van der Waals surface area contributed by atoms with E-state index in [9.17, 15) is 14.7 Å². The van der Waals surface area contributed by atoms with Gasteiger partial charge >= 0.3 is 12.0 Å². The number of fused-ring (bicyclic) bond motifs is 3. The molecule has 0 unspecified atom stereocenters. The number of unbranched alkanes of at least 4 members (excludes halogenated alkanes) is 1. The van der Waals surface area contributed by atoms with Gasteiger partial charge < -0.3 is 16.2 Å². The quantitative estimate of drug-likeness (QED) is 0.601. The third-order valence-electron chi connectivity index (χ3n) is 4.33. The van der Waals surface area contributed by atoms with Crippen LogP contribution < -0.4 is 11.1 Å². The molecule has 0 saturated carbocycles. The maximum absolute atomic E-state index is 12.8. The highest BCUT2D eigenvalue weighted by molar-refractivity contribution is 6.13. The molecule has 0 saturated heterocycles. The molecule has 1 aromatic heterocycles. The van der Waals surface area contributed by atoms with Crippen LogP contribution in [0.2, 0.25) is 0 Å². The molecule has 0 radical (unpaired) electrons. The molecule has 25 heavy (non-hydrogen) atoms. The third kappa shape index (κ3) is 3.34. The number of hydrogen-bond acceptors (Lipinski definition) is 3. The highest BCUT2D eigenvalue weighted by Gasteiger charge is 2.22. The maximum Gasteiger partial charge on any atom is 0.327 e. The second-order valence-corrected chi connectivity index (χ2v) is 5.99. The second kappa shape index (κ2) is 7.36. The molecule has 2 aromatic carbocycles. The predicted octanol–water partition coefficient (Wildman–Crippen LogP) is 2.93. The van der Waals surface area contributed by atoms with Crippen LogP contribution in [-0.4, -0.2) is 34.3 Å². The van der Waals surface area contributed by atoms with E-state index >= 15 is 0 Å². The average Bonchev–Trinajstić information content (AvgIpc) is 2.95. The molecule has 3 rings (SSSR count). The summed E-state index contributed by atoms with van der Waals surface area (Å²) in [5.41, 5.74) is 6.97. The number of carbonyl (C=O) groups excluding carboxylic acids is 1. The van der Waals surface area contributed by atoms with Crippen LogP contribution in [0.15, 0.2) is 48.5 Å². The largest absolute Gasteiger partial charge is 0.480 e. The van der Waals surface area contributed by atoms with E-state index in [0.29, 0.717) is 19.4 Å². The van der Waals surface area contributed by atoms with Crippen molar-refractivity contribution in [1.29, 1.82) is 0 Å². The highest BCUT2D eigenvalue weighted by Crippen LogP contribution is 2.28. The number of nitrogens with one attached hydrogen (secondary N) is 1. The minimum atomic E-state index is -1.04. The summed E-state index contributed by atoms with van der Waals surface area (Å²) >= 11 is 0. The number of aliphatic carboxylic acids is 1. The van der Waals surface area contributed by atoms with E-state index in [2.05, 4.69) is 5.32 Å². The predicted molar refractivity (Wildman–Crippen MR) is 97.7 cm³/mol. The Labute approximate surface area is 145 Å². The van der Waals surface area contributed by atoms with Crippen LogP contribution in [0.4, 0.5) is 4.79 Å². The van der Waals surface area contributed by atoms with Crippen molar-refractivity contribution >= 4 is 33.8 Å². The zero-order valence-electron chi connectivity index (χ0n) is 13.8. The van der Waals surface area contributed by atoms with Gasteiger partial charge in [-0.1, -0.05) is 36.4 Å². The first-order chi connectivity index (χ1) is 12.1. The van der Waals surface area contributed by atoms with Gasteiger partial charge in [-0.15, -0.1) is 0 Å². The van der Waals surface area contributed by atoms with Gasteiger partial charge in [-0.25, -0.2) is 9.59 Å². The van der Waals surface area contributed by atoms with E-state index in [0.717, 1.165) is 28.2 Å². The van der Waals surface area contributed by atoms with Crippen LogP contribution in [0.1, 0.15) is 19.3 Å². The van der Waals surface area contributed by atoms with Gasteiger partial charge in [0.1, 0.15) is 6.04 Å². The van der Waals surface area contributed by atoms with Gasteiger partial charge in [0.15, 0.2) is 0 Å². The van der Waals surface area contributed by atoms with Crippen LogP contribution in [-0.2, 0) is 4.79 Å². The normalized spacial score (nSPS) is 12.4. The van der Waals surface area contributed by atoms with Gasteiger partial charge in [-0.3, -0.25) is 4.57 Å². The summed E-state index contributed by atoms with van der Waals surface area (Å²) < 4.78 is 1.55. The number of amides is 1. The number of nitrogens with two attached hydrogens (primary N) is 1. The number of carbonyl (C=O) groups is 2. The van der Waals surface area contributed by atoms with Crippen molar-refractivity contribution in [3.63, 3.8) is 0 Å². The van der Waals surface area contributed by atoms with Crippen molar-refractivity contribution in [1.82, 2.24) is 9.88 Å². The zero-order valence-corrected chi connectivity index (χ0v) is 13.8. The summed E-state index contributed by atoms with van der Waals surface area (Å²) in [5, 5.41) is 14.0. The lowest BCUT2D eigenvalue weighted by Crippen LogP contribution is -2.42. The molecule has 1 heterocycles. The molecule has 1 amide bonds. The van der Waals surface area contributed by atoms with Crippen molar-refractivity contribution < 1.29 is 14.7 Å². The molecule has 0 aliphatic heterocycles. The minimum Gasteiger partial charge on any atom is -0.480 e. The van der Waals surface area contributed by atoms with Gasteiger partial charge in [0.25, 0.3) is 0 Å². The summed E-state index contributed by atoms with van der Waals surface area (Å²) in [4.78, 5) is 24.3. The van der Waals surface area contributed by atoms with Crippen molar-refractivity contribution in [3.05, 3.63) is 48.5 Å². The number of rotatable bonds is 6. The fraction of sp³-hybridized carbons (Fsp3) is 0.263. The smallest absolute Gasteiger partial charge is 0.327 e. The minimum absolute atomic E-state index is 0.357. The van der Waals surface area contributed by atoms with E-state index in [1.165, 1.54) is 0 Å². The molecule has 4 N–H and O–H groups in total. The number of nitrogens with zero attached hydrogens (tertiary/aromatic N) is 1. The van der Waals surface area contributed by atoms with Gasteiger partial charge in [0.2, 0.25) is 0 Å². The summed E-state index contributed by atoms with van der Waals surface area (Å²) in [6.07, 6.45) is 1.74. The number of carboxylic acids is 1. The van der Waals surface area contributed by atoms with Crippen LogP contribution in [0.3, 0.4) is 0 Å². The molecular weight excluding hydrogens is 318 g/mol. The van der Waals surface area contributed by atoms with E-state index in [1.807, 2.05) is 48.5 Å². The molecule has 6 nitrogen and oxygen atoms in total. The molecule has 1 atom stereocenters. The second-order valence-electron chi connectivity index (χ2n) is 5.99. The Morgan fingerprint density at radius 3 is 2.08 bits per heavy atom. The van der Waals surface area contributed by atoms with Crippen LogP contribution in [0.25, 0.3) is 21.8 Å². The van der Waals surface area contributed by atoms with Crippen LogP contribution >= 0.6 is 0 Å². The Balaban J connectivity index is 1.96. The van der Waals surface area contributed by atoms with Gasteiger partial charge in [0.05, 0.1) is 11.0 Å². The molecule has 0 aliphatic rings. The molecule has 6 heteroatoms. The Morgan fingerprint density at radius 2 is 1.56 bits per heavy atom. The summed E-state index contributed by atoms with van der Waals surface area (Å²) in [5.74, 6) is -1.04. The lowest BCUT2D eigenvalue weighted by Gasteiger charge is -2.15. The molecule has 3 aromatic rings. The fourth-order valence-electron chi connectivity index (χ4n) is 3.11. The molecule has 0 bridgehead atoms. The fourth-order valence-corrected chi connectivity index (χ4v) is 3.11. The lowest BCUT2D eigenvalue weighted by atomic mass is 10.1. The SMILES string of the molecule is NCCCC[C@H](NC(=O)n1c2ccccc2c2ccccc21)C(=O)O. The van der Waals surface area contributed by atoms with Crippen LogP contribution in [0.5, 0.6) is 0 Å². The zero-order chi connectivity index (χ0) is 17.8. The van der Waals surface area contributed by atoms with Gasteiger partial charge in [-0.05, 0) is 37.9 Å². The molecule has 0 spiro atoms. The van der Waals surface area contributed by atoms with Crippen molar-refractivity contribution in [2.24, 2.45) is 5.73 Å². The lowest BCUT2D eigenvalue weighted by molar-refractivity contribution is -0.139. The summed E-state index contributed by atoms with van der Waals surface area (Å²) in [7, 11) is 0. The van der Waals surface area contributed by atoms with Crippen molar-refractivity contribution in [2.45, 2.75) is 25.3 Å². The number of hydrogen-bond donors (Lipinski definition) is 3. The molecule has 0 fully saturated rings. The molecule has 130 valence electrons. The Morgan fingerprint density at radius 1 is 1.00 bits per heavy atom. The Bertz CT molecular complexity index is 863. The molecular formula is C19H21N3O3. The van der Waals surface area contributed by atoms with E-state index in [1.54, 1.807) is 4.57 Å². The Kier molecular flexibility index (Phi) is 5.00. The monoisotopic (exact) mass is 339 g/mol. The standard InChI is InChI=1S/C19H21N3O3/c20-12-6-5-9-15(18(23)24)21-19(25)22-16-10-3-1-7-13(16)14-8-2-4-11-17(14)22/h1-4,7-8,10-11,15H,5-6,9,12,20H2,(H,21,25)(H,23,24)/t15-/m0/s1. The first-order valence-electron chi connectivity index (χ1n) is 8.35. The maximum atomic E-state index is 12.8. The van der Waals surface area contributed by atoms with Gasteiger partial charge in [0, 0.05) is 10.8 Å². The first-order valence-corrected chi connectivity index (χ1v) is 8.35. The van der Waals surface area contributed by atoms with Gasteiger partial charge in [-0.2, -0.15) is 0 Å². The Hall–Kier alpha value is -2.86. The topological polar surface area (TPSA) is 97.4 Å². The van der Waals surface area contributed by atoms with Crippen LogP contribution in [0, 0.1) is 0 Å². The van der Waals surface area contributed by atoms with E-state index in [-0.39, 0.29) is 0 Å². The average molecular weight is 339 g/mol. The van der Waals surface area contributed by atoms with Crippen molar-refractivity contribution in [2.75, 3.05) is 6.54 Å². The van der Waals surface area contributed by atoms with E-state index < -0.39 is 18.0 Å². The number of aromatic nitrogens is 1.